The molecule has 1 aliphatic heterocycles. The van der Waals surface area contributed by atoms with E-state index in [1.165, 1.54) is 11.3 Å². The van der Waals surface area contributed by atoms with Gasteiger partial charge in [-0.3, -0.25) is 10.2 Å². The molecule has 3 amide bonds. The fraction of sp³-hybridized carbons (Fsp3) is 0.333. The van der Waals surface area contributed by atoms with Crippen molar-refractivity contribution < 1.29 is 14.3 Å². The molecule has 4 N–H and O–H groups in total. The molecular weight excluding hydrogens is 352 g/mol. The number of amides is 3. The van der Waals surface area contributed by atoms with Crippen LogP contribution in [0.5, 0.6) is 0 Å². The Bertz CT molecular complexity index is 724. The number of hydrogen-bond acceptors (Lipinski definition) is 4. The standard InChI is InChI=1S/C15H17ClN4O3S/c16-13-4-3-12(24-13)10-7-17-8-11(10)14(21)19-20-15(22)18-6-9-2-1-5-23-9/h3-4,7-9,17H,1-2,5-6H2,(H,19,21)(H2,18,20,22)/t9-/m0/s1. The second-order valence-corrected chi connectivity index (χ2v) is 7.03. The Hall–Kier alpha value is -2.03. The molecule has 1 aliphatic rings. The first-order valence-electron chi connectivity index (χ1n) is 7.52. The van der Waals surface area contributed by atoms with Gasteiger partial charge in [0.2, 0.25) is 0 Å². The molecule has 0 aliphatic carbocycles. The maximum atomic E-state index is 12.2. The molecule has 0 saturated carbocycles. The molecule has 0 unspecified atom stereocenters. The van der Waals surface area contributed by atoms with Crippen LogP contribution in [-0.4, -0.2) is 36.2 Å². The molecule has 0 aromatic carbocycles. The van der Waals surface area contributed by atoms with Crippen LogP contribution in [0.3, 0.4) is 0 Å². The van der Waals surface area contributed by atoms with E-state index in [-0.39, 0.29) is 6.10 Å². The largest absolute Gasteiger partial charge is 0.376 e. The second kappa shape index (κ2) is 7.69. The molecule has 7 nitrogen and oxygen atoms in total. The van der Waals surface area contributed by atoms with Gasteiger partial charge in [-0.25, -0.2) is 10.2 Å². The minimum atomic E-state index is -0.477. The average molecular weight is 369 g/mol. The van der Waals surface area contributed by atoms with Crippen LogP contribution >= 0.6 is 22.9 Å². The van der Waals surface area contributed by atoms with Crippen LogP contribution in [0.25, 0.3) is 10.4 Å². The molecule has 3 rings (SSSR count). The zero-order chi connectivity index (χ0) is 16.9. The zero-order valence-electron chi connectivity index (χ0n) is 12.7. The predicted molar refractivity (Wildman–Crippen MR) is 92.1 cm³/mol. The smallest absolute Gasteiger partial charge is 0.333 e. The first-order valence-corrected chi connectivity index (χ1v) is 8.71. The monoisotopic (exact) mass is 368 g/mol. The third kappa shape index (κ3) is 4.08. The summed E-state index contributed by atoms with van der Waals surface area (Å²) in [5, 5.41) is 2.66. The number of H-pyrrole nitrogens is 1. The van der Waals surface area contributed by atoms with Crippen molar-refractivity contribution in [1.82, 2.24) is 21.2 Å². The fourth-order valence-electron chi connectivity index (χ4n) is 2.45. The van der Waals surface area contributed by atoms with Crippen LogP contribution in [0.2, 0.25) is 4.34 Å². The number of carbonyl (C=O) groups is 2. The van der Waals surface area contributed by atoms with E-state index >= 15 is 0 Å². The van der Waals surface area contributed by atoms with Crippen molar-refractivity contribution >= 4 is 34.9 Å². The summed E-state index contributed by atoms with van der Waals surface area (Å²) >= 11 is 7.31. The third-order valence-electron chi connectivity index (χ3n) is 3.63. The lowest BCUT2D eigenvalue weighted by Gasteiger charge is -2.12. The Balaban J connectivity index is 1.52. The van der Waals surface area contributed by atoms with Crippen molar-refractivity contribution in [3.8, 4) is 10.4 Å². The molecule has 0 spiro atoms. The molecular formula is C15H17ClN4O3S. The van der Waals surface area contributed by atoms with Crippen LogP contribution in [0.4, 0.5) is 4.79 Å². The van der Waals surface area contributed by atoms with Crippen LogP contribution < -0.4 is 16.2 Å². The van der Waals surface area contributed by atoms with Gasteiger partial charge in [-0.2, -0.15) is 0 Å². The normalized spacial score (nSPS) is 16.8. The number of thiophene rings is 1. The molecule has 0 bridgehead atoms. The quantitative estimate of drug-likeness (QED) is 0.624. The highest BCUT2D eigenvalue weighted by atomic mass is 35.5. The minimum Gasteiger partial charge on any atom is -0.376 e. The summed E-state index contributed by atoms with van der Waals surface area (Å²) < 4.78 is 6.05. The summed E-state index contributed by atoms with van der Waals surface area (Å²) in [7, 11) is 0. The van der Waals surface area contributed by atoms with Gasteiger partial charge in [-0.15, -0.1) is 11.3 Å². The van der Waals surface area contributed by atoms with Gasteiger partial charge in [0, 0.05) is 36.0 Å². The van der Waals surface area contributed by atoms with Crippen molar-refractivity contribution in [3.05, 3.63) is 34.4 Å². The van der Waals surface area contributed by atoms with E-state index in [0.29, 0.717) is 16.4 Å². The Morgan fingerprint density at radius 3 is 2.92 bits per heavy atom. The van der Waals surface area contributed by atoms with Crippen molar-refractivity contribution in [3.63, 3.8) is 0 Å². The lowest BCUT2D eigenvalue weighted by atomic mass is 10.1. The number of urea groups is 1. The van der Waals surface area contributed by atoms with Crippen LogP contribution in [0, 0.1) is 0 Å². The van der Waals surface area contributed by atoms with Crippen molar-refractivity contribution in [2.45, 2.75) is 18.9 Å². The van der Waals surface area contributed by atoms with E-state index < -0.39 is 11.9 Å². The number of carbonyl (C=O) groups excluding carboxylic acids is 2. The molecule has 2 aromatic heterocycles. The average Bonchev–Trinajstić information content (AvgIpc) is 3.30. The minimum absolute atomic E-state index is 0.0475. The highest BCUT2D eigenvalue weighted by molar-refractivity contribution is 7.19. The lowest BCUT2D eigenvalue weighted by Crippen LogP contribution is -2.48. The summed E-state index contributed by atoms with van der Waals surface area (Å²) in [4.78, 5) is 27.7. The molecule has 2 aromatic rings. The van der Waals surface area contributed by atoms with Crippen LogP contribution in [-0.2, 0) is 4.74 Å². The number of rotatable bonds is 4. The number of aromatic nitrogens is 1. The van der Waals surface area contributed by atoms with Gasteiger partial charge in [-0.05, 0) is 25.0 Å². The van der Waals surface area contributed by atoms with Gasteiger partial charge >= 0.3 is 6.03 Å². The molecule has 9 heteroatoms. The van der Waals surface area contributed by atoms with E-state index in [9.17, 15) is 9.59 Å². The van der Waals surface area contributed by atoms with Gasteiger partial charge in [0.25, 0.3) is 5.91 Å². The van der Waals surface area contributed by atoms with Gasteiger partial charge in [0.15, 0.2) is 0 Å². The fourth-order valence-corrected chi connectivity index (χ4v) is 3.52. The Labute approximate surface area is 147 Å². The lowest BCUT2D eigenvalue weighted by molar-refractivity contribution is 0.0934. The van der Waals surface area contributed by atoms with E-state index in [0.717, 1.165) is 29.9 Å². The van der Waals surface area contributed by atoms with Crippen molar-refractivity contribution in [1.29, 1.82) is 0 Å². The summed E-state index contributed by atoms with van der Waals surface area (Å²) in [6.45, 7) is 1.15. The Kier molecular flexibility index (Phi) is 5.39. The van der Waals surface area contributed by atoms with Crippen LogP contribution in [0.1, 0.15) is 23.2 Å². The first-order chi connectivity index (χ1) is 11.6. The highest BCUT2D eigenvalue weighted by Crippen LogP contribution is 2.32. The first kappa shape index (κ1) is 16.8. The Morgan fingerprint density at radius 2 is 2.21 bits per heavy atom. The number of ether oxygens (including phenoxy) is 1. The number of nitrogens with one attached hydrogen (secondary N) is 4. The maximum absolute atomic E-state index is 12.2. The van der Waals surface area contributed by atoms with Gasteiger partial charge in [-0.1, -0.05) is 11.6 Å². The summed E-state index contributed by atoms with van der Waals surface area (Å²) in [6, 6.07) is 3.14. The second-order valence-electron chi connectivity index (χ2n) is 5.31. The molecule has 1 fully saturated rings. The molecule has 128 valence electrons. The summed E-state index contributed by atoms with van der Waals surface area (Å²) in [6.07, 6.45) is 5.28. The number of hydrogen-bond donors (Lipinski definition) is 4. The maximum Gasteiger partial charge on any atom is 0.333 e. The van der Waals surface area contributed by atoms with E-state index in [1.807, 2.05) is 6.07 Å². The number of aromatic amines is 1. The zero-order valence-corrected chi connectivity index (χ0v) is 14.3. The molecule has 3 heterocycles. The number of halogens is 1. The summed E-state index contributed by atoms with van der Waals surface area (Å²) in [5.41, 5.74) is 5.88. The third-order valence-corrected chi connectivity index (χ3v) is 4.90. The van der Waals surface area contributed by atoms with E-state index in [1.54, 1.807) is 18.5 Å². The molecule has 24 heavy (non-hydrogen) atoms. The molecule has 1 atom stereocenters. The SMILES string of the molecule is O=C(NC[C@@H]1CCCO1)NNC(=O)c1c[nH]cc1-c1ccc(Cl)s1. The molecule has 0 radical (unpaired) electrons. The predicted octanol–water partition coefficient (Wildman–Crippen LogP) is 2.52. The van der Waals surface area contributed by atoms with Gasteiger partial charge in [0.1, 0.15) is 0 Å². The van der Waals surface area contributed by atoms with Gasteiger partial charge in [0.05, 0.1) is 16.0 Å². The van der Waals surface area contributed by atoms with E-state index in [4.69, 9.17) is 16.3 Å². The van der Waals surface area contributed by atoms with E-state index in [2.05, 4.69) is 21.2 Å². The van der Waals surface area contributed by atoms with Crippen molar-refractivity contribution in [2.24, 2.45) is 0 Å². The Morgan fingerprint density at radius 1 is 1.33 bits per heavy atom. The van der Waals surface area contributed by atoms with Crippen LogP contribution in [0.15, 0.2) is 24.5 Å². The number of hydrazine groups is 1. The van der Waals surface area contributed by atoms with Gasteiger partial charge < -0.3 is 15.0 Å². The van der Waals surface area contributed by atoms with Crippen molar-refractivity contribution in [2.75, 3.05) is 13.2 Å². The molecule has 1 saturated heterocycles. The summed E-state index contributed by atoms with van der Waals surface area (Å²) in [5.74, 6) is -0.414. The highest BCUT2D eigenvalue weighted by Gasteiger charge is 2.18. The topological polar surface area (TPSA) is 95.2 Å².